The van der Waals surface area contributed by atoms with Crippen molar-refractivity contribution >= 4 is 36.1 Å². The molecule has 6 aliphatic rings. The van der Waals surface area contributed by atoms with Crippen molar-refractivity contribution in [3.63, 3.8) is 0 Å². The van der Waals surface area contributed by atoms with Gasteiger partial charge in [-0.15, -0.1) is 0 Å². The Kier molecular flexibility index (Phi) is 13.6. The maximum absolute atomic E-state index is 15.7. The Balaban J connectivity index is 1.29. The Bertz CT molecular complexity index is 2510. The largest absolute Gasteiger partial charge is 0.496 e. The van der Waals surface area contributed by atoms with Crippen molar-refractivity contribution in [2.75, 3.05) is 72.1 Å². The first-order chi connectivity index (χ1) is 33.1. The molecule has 1 aliphatic carbocycles. The van der Waals surface area contributed by atoms with Crippen LogP contribution in [0.5, 0.6) is 5.75 Å². The number of para-hydroxylation sites is 1. The number of esters is 1. The lowest BCUT2D eigenvalue weighted by atomic mass is 9.47. The van der Waals surface area contributed by atoms with Crippen molar-refractivity contribution in [1.29, 1.82) is 0 Å². The van der Waals surface area contributed by atoms with Gasteiger partial charge in [-0.05, 0) is 94.5 Å². The second-order valence-electron chi connectivity index (χ2n) is 21.0. The number of carbonyl (C=O) groups is 2. The minimum absolute atomic E-state index is 0.0884. The summed E-state index contributed by atoms with van der Waals surface area (Å²) in [6.07, 6.45) is 7.99. The molecule has 5 aliphatic heterocycles. The second kappa shape index (κ2) is 18.7. The van der Waals surface area contributed by atoms with Gasteiger partial charge in [-0.3, -0.25) is 24.0 Å². The van der Waals surface area contributed by atoms with Crippen LogP contribution in [0.3, 0.4) is 0 Å². The molecule has 2 bridgehead atoms. The molecule has 2 aromatic carbocycles. The first kappa shape index (κ1) is 50.2. The van der Waals surface area contributed by atoms with Crippen molar-refractivity contribution in [1.82, 2.24) is 20.1 Å². The van der Waals surface area contributed by atoms with Crippen LogP contribution in [-0.4, -0.2) is 144 Å². The molecule has 378 valence electrons. The molecular weight excluding hydrogens is 898 g/mol. The molecule has 3 aromatic rings. The fourth-order valence-electron chi connectivity index (χ4n) is 14.8. The van der Waals surface area contributed by atoms with Crippen LogP contribution in [0, 0.1) is 11.3 Å². The SMILES string of the molecule is CCCCC[C@H](NC(=O)[C@]1(O)[C@@H]2N(C)c3cc(OC)c([C@@]4(C(=O)OC)C[C@H]5CN(CCc6c4[nH]c4ccccc64)C[C@](O)(CC)C5)cc3C23CCN2CC=C[C@](CC)(C23)[C@H]1O)P(=O)(OCC)OCC. The molecule has 2 saturated heterocycles. The highest BCUT2D eigenvalue weighted by Gasteiger charge is 2.79. The van der Waals surface area contributed by atoms with E-state index in [4.69, 9.17) is 18.5 Å². The van der Waals surface area contributed by atoms with Gasteiger partial charge in [0.25, 0.3) is 5.91 Å². The van der Waals surface area contributed by atoms with Crippen molar-refractivity contribution in [2.45, 2.75) is 145 Å². The number of nitrogens with one attached hydrogen (secondary N) is 2. The summed E-state index contributed by atoms with van der Waals surface area (Å²) in [5, 5.41) is 43.1. The molecule has 3 unspecified atom stereocenters. The minimum Gasteiger partial charge on any atom is -0.496 e. The average Bonchev–Trinajstić information content (AvgIpc) is 4.01. The summed E-state index contributed by atoms with van der Waals surface area (Å²) in [5.41, 5.74) is -2.22. The van der Waals surface area contributed by atoms with Gasteiger partial charge >= 0.3 is 13.6 Å². The lowest BCUT2D eigenvalue weighted by Gasteiger charge is -2.63. The van der Waals surface area contributed by atoms with Gasteiger partial charge in [0.1, 0.15) is 23.1 Å². The van der Waals surface area contributed by atoms with Gasteiger partial charge in [-0.2, -0.15) is 0 Å². The highest BCUT2D eigenvalue weighted by Crippen LogP contribution is 2.68. The number of carbonyl (C=O) groups excluding carboxylic acids is 2. The van der Waals surface area contributed by atoms with Crippen LogP contribution in [0.1, 0.15) is 115 Å². The topological polar surface area (TPSA) is 186 Å². The van der Waals surface area contributed by atoms with Crippen molar-refractivity contribution in [2.24, 2.45) is 11.3 Å². The number of hydrogen-bond donors (Lipinski definition) is 5. The Morgan fingerprint density at radius 2 is 1.72 bits per heavy atom. The third kappa shape index (κ3) is 7.40. The molecule has 1 aromatic heterocycles. The normalized spacial score (nSPS) is 34.2. The van der Waals surface area contributed by atoms with E-state index in [2.05, 4.69) is 39.2 Å². The van der Waals surface area contributed by atoms with Crippen LogP contribution in [-0.2, 0) is 45.2 Å². The van der Waals surface area contributed by atoms with Gasteiger partial charge in [0.15, 0.2) is 5.60 Å². The van der Waals surface area contributed by atoms with E-state index >= 15 is 9.59 Å². The second-order valence-corrected chi connectivity index (χ2v) is 23.2. The number of amides is 1. The fraction of sp³-hybridized carbons (Fsp3) is 0.660. The van der Waals surface area contributed by atoms with E-state index in [-0.39, 0.29) is 31.6 Å². The van der Waals surface area contributed by atoms with Crippen molar-refractivity contribution in [3.05, 3.63) is 70.9 Å². The van der Waals surface area contributed by atoms with E-state index < -0.39 is 64.8 Å². The molecular formula is C53H76N5O10P. The number of anilines is 1. The summed E-state index contributed by atoms with van der Waals surface area (Å²) in [5.74, 6) is -2.08. The van der Waals surface area contributed by atoms with Gasteiger partial charge in [0.2, 0.25) is 0 Å². The quantitative estimate of drug-likeness (QED) is 0.0452. The van der Waals surface area contributed by atoms with Gasteiger partial charge in [-0.1, -0.05) is 70.4 Å². The average molecular weight is 974 g/mol. The zero-order valence-corrected chi connectivity index (χ0v) is 42.9. The number of piperidine rings is 1. The Labute approximate surface area is 407 Å². The predicted octanol–water partition coefficient (Wildman–Crippen LogP) is 6.54. The molecule has 1 spiro atoms. The summed E-state index contributed by atoms with van der Waals surface area (Å²) in [4.78, 5) is 41.6. The zero-order chi connectivity index (χ0) is 49.3. The number of aliphatic hydroxyl groups is 3. The van der Waals surface area contributed by atoms with E-state index in [0.29, 0.717) is 94.7 Å². The summed E-state index contributed by atoms with van der Waals surface area (Å²) in [7, 11) is 0.939. The molecule has 1 amide bonds. The molecule has 16 heteroatoms. The number of ether oxygens (including phenoxy) is 2. The van der Waals surface area contributed by atoms with Crippen LogP contribution in [0.2, 0.25) is 0 Å². The molecule has 11 atom stereocenters. The number of aromatic amines is 1. The summed E-state index contributed by atoms with van der Waals surface area (Å²) < 4.78 is 38.8. The number of benzene rings is 2. The van der Waals surface area contributed by atoms with Crippen LogP contribution >= 0.6 is 7.60 Å². The van der Waals surface area contributed by atoms with Crippen LogP contribution in [0.15, 0.2) is 48.6 Å². The monoisotopic (exact) mass is 974 g/mol. The number of hydrogen-bond acceptors (Lipinski definition) is 13. The molecule has 15 nitrogen and oxygen atoms in total. The van der Waals surface area contributed by atoms with E-state index in [1.165, 1.54) is 7.11 Å². The molecule has 9 rings (SSSR count). The third-order valence-corrected chi connectivity index (χ3v) is 20.0. The van der Waals surface area contributed by atoms with E-state index in [9.17, 15) is 19.9 Å². The maximum atomic E-state index is 15.7. The fourth-order valence-corrected chi connectivity index (χ4v) is 16.7. The van der Waals surface area contributed by atoms with Crippen LogP contribution < -0.4 is 15.0 Å². The Hall–Kier alpha value is -3.79. The van der Waals surface area contributed by atoms with Crippen LogP contribution in [0.25, 0.3) is 10.9 Å². The number of nitrogens with zero attached hydrogens (tertiary/aromatic N) is 3. The number of aliphatic hydroxyl groups excluding tert-OH is 1. The highest BCUT2D eigenvalue weighted by atomic mass is 31.2. The number of unbranched alkanes of at least 4 members (excludes halogenated alkanes) is 2. The first-order valence-corrected chi connectivity index (χ1v) is 27.3. The standard InChI is InChI=1S/C53H76N5O10P/c1-9-14-15-21-42(69(64,67-12-4)68-13-5)55-47(60)53(63)45-51(24-27-58-25-18-23-50(11-3,44(51)58)46(53)59)37-28-38(41(65-7)29-40(37)56(45)6)52(48(61)66-8)31-34-30-49(62,10-2)33-57(32-34)26-22-36-35-19-16-17-20-39(35)54-43(36)52/h16-20,23,28-29,34,42,44-46,54,59,62-63H,9-15,21-22,24-27,30-33H2,1-8H3,(H,55,60)/t34-,42+,44?,45+,46+,49-,50+,51?,52-,53-/m0/s1. The smallest absolute Gasteiger partial charge is 0.352 e. The number of rotatable bonds is 16. The Morgan fingerprint density at radius 3 is 2.41 bits per heavy atom. The lowest BCUT2D eigenvalue weighted by molar-refractivity contribution is -0.203. The van der Waals surface area contributed by atoms with Crippen molar-refractivity contribution in [3.8, 4) is 5.75 Å². The van der Waals surface area contributed by atoms with Gasteiger partial charge in [0.05, 0.1) is 39.1 Å². The molecule has 6 heterocycles. The van der Waals surface area contributed by atoms with E-state index in [0.717, 1.165) is 40.6 Å². The molecule has 5 N–H and O–H groups in total. The van der Waals surface area contributed by atoms with Crippen LogP contribution in [0.4, 0.5) is 5.69 Å². The minimum atomic E-state index is -3.96. The number of H-pyrrole nitrogens is 1. The zero-order valence-electron chi connectivity index (χ0n) is 42.0. The lowest BCUT2D eigenvalue weighted by Crippen LogP contribution is -2.82. The van der Waals surface area contributed by atoms with Gasteiger partial charge in [-0.25, -0.2) is 0 Å². The summed E-state index contributed by atoms with van der Waals surface area (Å²) in [6.45, 7) is 12.9. The third-order valence-electron chi connectivity index (χ3n) is 17.6. The Morgan fingerprint density at radius 1 is 0.971 bits per heavy atom. The van der Waals surface area contributed by atoms with E-state index in [1.54, 1.807) is 21.0 Å². The molecule has 0 radical (unpaired) electrons. The van der Waals surface area contributed by atoms with Gasteiger partial charge in [0, 0.05) is 84.0 Å². The summed E-state index contributed by atoms with van der Waals surface area (Å²) >= 11 is 0. The molecule has 69 heavy (non-hydrogen) atoms. The highest BCUT2D eigenvalue weighted by molar-refractivity contribution is 7.54. The number of aromatic nitrogens is 1. The first-order valence-electron chi connectivity index (χ1n) is 25.7. The number of methoxy groups -OCH3 is 2. The number of likely N-dealkylation sites (N-methyl/N-ethyl adjacent to an activating group) is 1. The van der Waals surface area contributed by atoms with Crippen molar-refractivity contribution < 1.29 is 48.0 Å². The number of fused-ring (bicyclic) bond motifs is 6. The summed E-state index contributed by atoms with van der Waals surface area (Å²) in [6, 6.07) is 10.8. The van der Waals surface area contributed by atoms with Gasteiger partial charge < -0.3 is 49.0 Å². The predicted molar refractivity (Wildman–Crippen MR) is 266 cm³/mol. The van der Waals surface area contributed by atoms with E-state index in [1.807, 2.05) is 62.2 Å². The molecule has 1 saturated carbocycles. The molecule has 3 fully saturated rings. The maximum Gasteiger partial charge on any atom is 0.352 e.